The Morgan fingerprint density at radius 3 is 2.71 bits per heavy atom. The number of rotatable bonds is 3. The number of halogens is 1. The lowest BCUT2D eigenvalue weighted by molar-refractivity contribution is -0.114. The molecule has 1 aliphatic rings. The fourth-order valence-electron chi connectivity index (χ4n) is 1.97. The van der Waals surface area contributed by atoms with Crippen LogP contribution >= 0.6 is 11.6 Å². The first kappa shape index (κ1) is 15.6. The summed E-state index contributed by atoms with van der Waals surface area (Å²) in [5.41, 5.74) is -0.507. The first-order valence-electron chi connectivity index (χ1n) is 6.67. The number of amides is 2. The van der Waals surface area contributed by atoms with E-state index >= 15 is 0 Å². The molecule has 0 aromatic carbocycles. The van der Waals surface area contributed by atoms with Crippen molar-refractivity contribution in [1.29, 1.82) is 0 Å². The highest BCUT2D eigenvalue weighted by atomic mass is 35.5. The molecule has 2 rings (SSSR count). The molecule has 0 bridgehead atoms. The van der Waals surface area contributed by atoms with Crippen molar-refractivity contribution in [2.24, 2.45) is 0 Å². The Labute approximate surface area is 128 Å². The summed E-state index contributed by atoms with van der Waals surface area (Å²) in [6, 6.07) is 1.72. The zero-order valence-corrected chi connectivity index (χ0v) is 13.1. The summed E-state index contributed by atoms with van der Waals surface area (Å²) >= 11 is 5.46. The first-order chi connectivity index (χ1) is 9.80. The largest absolute Gasteiger partial charge is 0.444 e. The van der Waals surface area contributed by atoms with Crippen molar-refractivity contribution in [3.8, 4) is 0 Å². The van der Waals surface area contributed by atoms with Gasteiger partial charge in [0.15, 0.2) is 0 Å². The van der Waals surface area contributed by atoms with Gasteiger partial charge in [-0.15, -0.1) is 11.6 Å². The highest BCUT2D eigenvalue weighted by Crippen LogP contribution is 2.26. The van der Waals surface area contributed by atoms with Gasteiger partial charge in [0.25, 0.3) is 0 Å². The van der Waals surface area contributed by atoms with Gasteiger partial charge in [0.1, 0.15) is 17.3 Å². The van der Waals surface area contributed by atoms with Crippen molar-refractivity contribution in [1.82, 2.24) is 14.7 Å². The summed E-state index contributed by atoms with van der Waals surface area (Å²) in [7, 11) is 0. The van der Waals surface area contributed by atoms with Crippen LogP contribution < -0.4 is 5.32 Å². The van der Waals surface area contributed by atoms with E-state index in [2.05, 4.69) is 10.4 Å². The van der Waals surface area contributed by atoms with Crippen LogP contribution in [0.3, 0.4) is 0 Å². The Balaban J connectivity index is 1.92. The van der Waals surface area contributed by atoms with Gasteiger partial charge in [-0.05, 0) is 20.8 Å². The minimum atomic E-state index is -0.507. The van der Waals surface area contributed by atoms with Crippen LogP contribution in [0, 0.1) is 0 Å². The number of nitrogens with zero attached hydrogens (tertiary/aromatic N) is 3. The van der Waals surface area contributed by atoms with Crippen molar-refractivity contribution in [2.75, 3.05) is 24.3 Å². The molecule has 1 aromatic heterocycles. The third-order valence-corrected chi connectivity index (χ3v) is 3.16. The van der Waals surface area contributed by atoms with Crippen LogP contribution in [0.15, 0.2) is 12.3 Å². The summed E-state index contributed by atoms with van der Waals surface area (Å²) in [4.78, 5) is 24.8. The van der Waals surface area contributed by atoms with Crippen LogP contribution in [0.4, 0.5) is 10.6 Å². The zero-order valence-electron chi connectivity index (χ0n) is 12.3. The molecule has 1 aliphatic heterocycles. The van der Waals surface area contributed by atoms with Gasteiger partial charge in [0.05, 0.1) is 12.2 Å². The second-order valence-corrected chi connectivity index (χ2v) is 6.15. The van der Waals surface area contributed by atoms with E-state index in [9.17, 15) is 9.59 Å². The first-order valence-corrected chi connectivity index (χ1v) is 7.21. The molecule has 0 radical (unpaired) electrons. The van der Waals surface area contributed by atoms with Crippen molar-refractivity contribution in [3.05, 3.63) is 12.3 Å². The van der Waals surface area contributed by atoms with Crippen LogP contribution in [0.1, 0.15) is 26.8 Å². The smallest absolute Gasteiger partial charge is 0.410 e. The molecule has 7 nitrogen and oxygen atoms in total. The lowest BCUT2D eigenvalue weighted by Crippen LogP contribution is -2.52. The summed E-state index contributed by atoms with van der Waals surface area (Å²) in [6.45, 7) is 6.49. The monoisotopic (exact) mass is 314 g/mol. The highest BCUT2D eigenvalue weighted by Gasteiger charge is 2.36. The average molecular weight is 315 g/mol. The molecule has 21 heavy (non-hydrogen) atoms. The fraction of sp³-hybridized carbons (Fsp3) is 0.615. The van der Waals surface area contributed by atoms with Crippen molar-refractivity contribution < 1.29 is 14.3 Å². The maximum absolute atomic E-state index is 11.9. The third kappa shape index (κ3) is 3.87. The zero-order chi connectivity index (χ0) is 15.6. The van der Waals surface area contributed by atoms with Crippen LogP contribution in [0.25, 0.3) is 0 Å². The molecule has 0 saturated carbocycles. The van der Waals surface area contributed by atoms with Crippen molar-refractivity contribution >= 4 is 29.4 Å². The topological polar surface area (TPSA) is 76.5 Å². The van der Waals surface area contributed by atoms with E-state index in [-0.39, 0.29) is 23.9 Å². The number of hydrogen-bond donors (Lipinski definition) is 1. The van der Waals surface area contributed by atoms with Crippen LogP contribution in [-0.4, -0.2) is 51.3 Å². The number of likely N-dealkylation sites (tertiary alicyclic amines) is 1. The lowest BCUT2D eigenvalue weighted by atomic mass is 10.1. The van der Waals surface area contributed by atoms with Gasteiger partial charge in [-0.3, -0.25) is 4.79 Å². The van der Waals surface area contributed by atoms with E-state index in [1.165, 1.54) is 0 Å². The Bertz CT molecular complexity index is 532. The molecule has 1 saturated heterocycles. The molecule has 116 valence electrons. The normalized spacial score (nSPS) is 15.5. The summed E-state index contributed by atoms with van der Waals surface area (Å²) < 4.78 is 6.98. The number of nitrogens with one attached hydrogen (secondary N) is 1. The number of aromatic nitrogens is 2. The van der Waals surface area contributed by atoms with Crippen molar-refractivity contribution in [3.63, 3.8) is 0 Å². The molecule has 2 heterocycles. The number of carbonyl (C=O) groups is 2. The number of carbonyl (C=O) groups excluding carboxylic acids is 2. The SMILES string of the molecule is CC(C)(C)OC(=O)N1CC(n2nccc2NC(=O)CCl)C1. The Kier molecular flexibility index (Phi) is 4.41. The molecule has 0 atom stereocenters. The Hall–Kier alpha value is -1.76. The predicted molar refractivity (Wildman–Crippen MR) is 78.4 cm³/mol. The molecule has 0 aliphatic carbocycles. The molecular weight excluding hydrogens is 296 g/mol. The second-order valence-electron chi connectivity index (χ2n) is 5.88. The quantitative estimate of drug-likeness (QED) is 0.864. The van der Waals surface area contributed by atoms with Crippen LogP contribution in [-0.2, 0) is 9.53 Å². The van der Waals surface area contributed by atoms with E-state index in [4.69, 9.17) is 16.3 Å². The standard InChI is InChI=1S/C13H19ClN4O3/c1-13(2,3)21-12(20)17-7-9(8-17)18-10(4-5-15-18)16-11(19)6-14/h4-5,9H,6-8H2,1-3H3,(H,16,19). The number of ether oxygens (including phenoxy) is 1. The van der Waals surface area contributed by atoms with Gasteiger partial charge < -0.3 is 15.0 Å². The van der Waals surface area contributed by atoms with E-state index in [0.29, 0.717) is 18.9 Å². The van der Waals surface area contributed by atoms with E-state index < -0.39 is 5.60 Å². The van der Waals surface area contributed by atoms with E-state index in [0.717, 1.165) is 0 Å². The Morgan fingerprint density at radius 2 is 2.14 bits per heavy atom. The molecule has 1 fully saturated rings. The molecule has 1 N–H and O–H groups in total. The van der Waals surface area contributed by atoms with Gasteiger partial charge in [-0.2, -0.15) is 5.10 Å². The number of anilines is 1. The third-order valence-electron chi connectivity index (χ3n) is 2.92. The van der Waals surface area contributed by atoms with E-state index in [1.54, 1.807) is 21.8 Å². The fourth-order valence-corrected chi connectivity index (χ4v) is 2.03. The maximum Gasteiger partial charge on any atom is 0.410 e. The molecule has 8 heteroatoms. The minimum absolute atomic E-state index is 0.0261. The summed E-state index contributed by atoms with van der Waals surface area (Å²) in [5.74, 6) is 0.177. The summed E-state index contributed by atoms with van der Waals surface area (Å²) in [5, 5.41) is 6.84. The summed E-state index contributed by atoms with van der Waals surface area (Å²) in [6.07, 6.45) is 1.26. The highest BCUT2D eigenvalue weighted by molar-refractivity contribution is 6.29. The maximum atomic E-state index is 11.9. The van der Waals surface area contributed by atoms with Crippen molar-refractivity contribution in [2.45, 2.75) is 32.4 Å². The molecule has 2 amide bonds. The number of hydrogen-bond acceptors (Lipinski definition) is 4. The predicted octanol–water partition coefficient (Wildman–Crippen LogP) is 1.85. The average Bonchev–Trinajstić information content (AvgIpc) is 2.72. The second kappa shape index (κ2) is 5.93. The lowest BCUT2D eigenvalue weighted by Gasteiger charge is -2.40. The van der Waals surface area contributed by atoms with Gasteiger partial charge in [0, 0.05) is 19.2 Å². The van der Waals surface area contributed by atoms with Crippen LogP contribution in [0.5, 0.6) is 0 Å². The van der Waals surface area contributed by atoms with Crippen LogP contribution in [0.2, 0.25) is 0 Å². The molecular formula is C13H19ClN4O3. The molecule has 0 unspecified atom stereocenters. The van der Waals surface area contributed by atoms with E-state index in [1.807, 2.05) is 20.8 Å². The molecule has 1 aromatic rings. The van der Waals surface area contributed by atoms with Gasteiger partial charge in [0.2, 0.25) is 5.91 Å². The van der Waals surface area contributed by atoms with Gasteiger partial charge in [-0.1, -0.05) is 0 Å². The van der Waals surface area contributed by atoms with Gasteiger partial charge in [-0.25, -0.2) is 9.48 Å². The van der Waals surface area contributed by atoms with Gasteiger partial charge >= 0.3 is 6.09 Å². The minimum Gasteiger partial charge on any atom is -0.444 e. The molecule has 0 spiro atoms. The Morgan fingerprint density at radius 1 is 1.48 bits per heavy atom. The number of alkyl halides is 1.